The Balaban J connectivity index is 1.46. The minimum absolute atomic E-state index is 0.0273. The third kappa shape index (κ3) is 3.34. The van der Waals surface area contributed by atoms with Crippen LogP contribution in [-0.4, -0.2) is 39.2 Å². The van der Waals surface area contributed by atoms with Crippen molar-refractivity contribution in [2.45, 2.75) is 31.7 Å². The zero-order valence-electron chi connectivity index (χ0n) is 18.6. The van der Waals surface area contributed by atoms with Crippen molar-refractivity contribution in [3.63, 3.8) is 0 Å². The molecule has 0 saturated heterocycles. The molecule has 9 heteroatoms. The van der Waals surface area contributed by atoms with E-state index in [0.29, 0.717) is 19.0 Å². The molecular weight excluding hydrogens is 438 g/mol. The Bertz CT molecular complexity index is 1360. The van der Waals surface area contributed by atoms with Gasteiger partial charge in [0.15, 0.2) is 0 Å². The Morgan fingerprint density at radius 2 is 2.00 bits per heavy atom. The van der Waals surface area contributed by atoms with Crippen LogP contribution in [0.5, 0.6) is 5.75 Å². The van der Waals surface area contributed by atoms with Crippen LogP contribution in [-0.2, 0) is 6.42 Å². The fourth-order valence-electron chi connectivity index (χ4n) is 5.06. The zero-order valence-corrected chi connectivity index (χ0v) is 18.6. The van der Waals surface area contributed by atoms with Crippen LogP contribution in [0.2, 0.25) is 0 Å². The number of ether oxygens (including phenoxy) is 1. The van der Waals surface area contributed by atoms with Gasteiger partial charge in [-0.25, -0.2) is 18.9 Å². The van der Waals surface area contributed by atoms with E-state index in [1.54, 1.807) is 0 Å². The first-order chi connectivity index (χ1) is 16.5. The van der Waals surface area contributed by atoms with Gasteiger partial charge in [-0.05, 0) is 42.8 Å². The Hall–Kier alpha value is -3.75. The van der Waals surface area contributed by atoms with Crippen LogP contribution in [0.1, 0.15) is 29.3 Å². The number of fused-ring (bicyclic) bond motifs is 2. The highest BCUT2D eigenvalue weighted by Gasteiger charge is 2.74. The second-order valence-corrected chi connectivity index (χ2v) is 9.05. The molecule has 34 heavy (non-hydrogen) atoms. The van der Waals surface area contributed by atoms with Gasteiger partial charge in [-0.3, -0.25) is 4.98 Å². The number of pyridine rings is 1. The predicted molar refractivity (Wildman–Crippen MR) is 125 cm³/mol. The molecule has 7 nitrogen and oxygen atoms in total. The molecular formula is C25H24F2N6O. The number of anilines is 2. The lowest BCUT2D eigenvalue weighted by Gasteiger charge is -2.31. The lowest BCUT2D eigenvalue weighted by atomic mass is 9.85. The Labute approximate surface area is 195 Å². The van der Waals surface area contributed by atoms with Gasteiger partial charge < -0.3 is 15.4 Å². The molecule has 3 heterocycles. The molecule has 0 radical (unpaired) electrons. The minimum atomic E-state index is -2.86. The van der Waals surface area contributed by atoms with Crippen molar-refractivity contribution in [2.75, 3.05) is 23.8 Å². The number of alkyl halides is 2. The molecule has 3 N–H and O–H groups in total. The van der Waals surface area contributed by atoms with Crippen molar-refractivity contribution in [1.82, 2.24) is 20.2 Å². The standard InChI is InChI=1S/C25H24F2N6O/c1-15-8-9-18-19(31-15)5-3-6-20(18)32-22(17-4-2-7-21-16(17)10-11-34-21)24(12-25(24,26)27)13-28-23-29-14-30-33-23/h2-9,14,22,32H,10-13H2,1H3,(H2,28,29,30,33). The average molecular weight is 463 g/mol. The van der Waals surface area contributed by atoms with E-state index in [1.165, 1.54) is 6.33 Å². The van der Waals surface area contributed by atoms with E-state index in [-0.39, 0.29) is 13.0 Å². The van der Waals surface area contributed by atoms with E-state index >= 15 is 8.78 Å². The van der Waals surface area contributed by atoms with Gasteiger partial charge in [0.2, 0.25) is 5.95 Å². The molecule has 174 valence electrons. The van der Waals surface area contributed by atoms with Crippen LogP contribution in [0.25, 0.3) is 10.9 Å². The van der Waals surface area contributed by atoms with E-state index in [4.69, 9.17) is 4.74 Å². The molecule has 1 saturated carbocycles. The number of hydrogen-bond donors (Lipinski definition) is 3. The Morgan fingerprint density at radius 3 is 2.79 bits per heavy atom. The van der Waals surface area contributed by atoms with Gasteiger partial charge in [0.05, 0.1) is 23.6 Å². The number of nitrogens with zero attached hydrogens (tertiary/aromatic N) is 3. The summed E-state index contributed by atoms with van der Waals surface area (Å²) in [6.07, 6.45) is 1.80. The van der Waals surface area contributed by atoms with Crippen LogP contribution < -0.4 is 15.4 Å². The molecule has 2 unspecified atom stereocenters. The number of aryl methyl sites for hydroxylation is 1. The van der Waals surface area contributed by atoms with E-state index in [1.807, 2.05) is 55.5 Å². The quantitative estimate of drug-likeness (QED) is 0.363. The van der Waals surface area contributed by atoms with Crippen molar-refractivity contribution in [3.05, 3.63) is 71.7 Å². The molecule has 0 amide bonds. The smallest absolute Gasteiger partial charge is 0.258 e. The molecule has 4 aromatic rings. The largest absolute Gasteiger partial charge is 0.493 e. The van der Waals surface area contributed by atoms with E-state index < -0.39 is 17.4 Å². The lowest BCUT2D eigenvalue weighted by molar-refractivity contribution is 0.0605. The second kappa shape index (κ2) is 7.65. The minimum Gasteiger partial charge on any atom is -0.493 e. The highest BCUT2D eigenvalue weighted by Crippen LogP contribution is 2.67. The number of nitrogens with one attached hydrogen (secondary N) is 3. The molecule has 2 aliphatic rings. The van der Waals surface area contributed by atoms with Crippen LogP contribution in [0.3, 0.4) is 0 Å². The molecule has 1 aliphatic carbocycles. The average Bonchev–Trinajstić information content (AvgIpc) is 3.27. The molecule has 2 aromatic heterocycles. The molecule has 2 aromatic carbocycles. The maximum Gasteiger partial charge on any atom is 0.258 e. The molecule has 1 aliphatic heterocycles. The van der Waals surface area contributed by atoms with Crippen LogP contribution in [0.15, 0.2) is 54.9 Å². The maximum absolute atomic E-state index is 15.3. The van der Waals surface area contributed by atoms with Gasteiger partial charge in [-0.1, -0.05) is 18.2 Å². The van der Waals surface area contributed by atoms with Gasteiger partial charge in [-0.15, -0.1) is 0 Å². The number of aromatic amines is 1. The molecule has 2 atom stereocenters. The fraction of sp³-hybridized carbons (Fsp3) is 0.320. The van der Waals surface area contributed by atoms with Gasteiger partial charge in [0.25, 0.3) is 5.92 Å². The zero-order chi connectivity index (χ0) is 23.3. The van der Waals surface area contributed by atoms with Crippen LogP contribution in [0, 0.1) is 12.3 Å². The summed E-state index contributed by atoms with van der Waals surface area (Å²) in [6.45, 7) is 2.51. The number of halogens is 2. The summed E-state index contributed by atoms with van der Waals surface area (Å²) in [7, 11) is 0. The third-order valence-electron chi connectivity index (χ3n) is 6.94. The summed E-state index contributed by atoms with van der Waals surface area (Å²) in [5.74, 6) is -1.73. The molecule has 1 fully saturated rings. The predicted octanol–water partition coefficient (Wildman–Crippen LogP) is 4.89. The summed E-state index contributed by atoms with van der Waals surface area (Å²) < 4.78 is 36.3. The summed E-state index contributed by atoms with van der Waals surface area (Å²) in [4.78, 5) is 8.66. The molecule has 0 spiro atoms. The van der Waals surface area contributed by atoms with Crippen molar-refractivity contribution in [3.8, 4) is 5.75 Å². The number of aromatic nitrogens is 4. The summed E-state index contributed by atoms with van der Waals surface area (Å²) in [5, 5.41) is 14.0. The number of hydrogen-bond acceptors (Lipinski definition) is 6. The third-order valence-corrected chi connectivity index (χ3v) is 6.94. The molecule has 6 rings (SSSR count). The number of benzene rings is 2. The highest BCUT2D eigenvalue weighted by atomic mass is 19.3. The first-order valence-electron chi connectivity index (χ1n) is 11.3. The SMILES string of the molecule is Cc1ccc2c(NC(c3cccc4c3CCO4)C3(CNc4ncn[nH]4)CC3(F)F)cccc2n1. The first kappa shape index (κ1) is 20.8. The van der Waals surface area contributed by atoms with Crippen LogP contribution in [0.4, 0.5) is 20.4 Å². The van der Waals surface area contributed by atoms with Gasteiger partial charge >= 0.3 is 0 Å². The van der Waals surface area contributed by atoms with Gasteiger partial charge in [-0.2, -0.15) is 5.10 Å². The van der Waals surface area contributed by atoms with Crippen molar-refractivity contribution in [2.24, 2.45) is 5.41 Å². The fourth-order valence-corrected chi connectivity index (χ4v) is 5.06. The second-order valence-electron chi connectivity index (χ2n) is 9.05. The first-order valence-corrected chi connectivity index (χ1v) is 11.3. The van der Waals surface area contributed by atoms with Crippen molar-refractivity contribution in [1.29, 1.82) is 0 Å². The summed E-state index contributed by atoms with van der Waals surface area (Å²) in [5.41, 5.74) is 2.95. The Kier molecular flexibility index (Phi) is 4.68. The molecule has 0 bridgehead atoms. The highest BCUT2D eigenvalue weighted by molar-refractivity contribution is 5.91. The van der Waals surface area contributed by atoms with Crippen molar-refractivity contribution < 1.29 is 13.5 Å². The van der Waals surface area contributed by atoms with E-state index in [9.17, 15) is 0 Å². The number of H-pyrrole nitrogens is 1. The van der Waals surface area contributed by atoms with Gasteiger partial charge in [0.1, 0.15) is 12.1 Å². The topological polar surface area (TPSA) is 87.8 Å². The lowest BCUT2D eigenvalue weighted by Crippen LogP contribution is -2.34. The van der Waals surface area contributed by atoms with Crippen LogP contribution >= 0.6 is 0 Å². The number of rotatable bonds is 7. The summed E-state index contributed by atoms with van der Waals surface area (Å²) in [6, 6.07) is 14.7. The monoisotopic (exact) mass is 462 g/mol. The van der Waals surface area contributed by atoms with Gasteiger partial charge in [0, 0.05) is 41.7 Å². The van der Waals surface area contributed by atoms with E-state index in [0.717, 1.165) is 39.2 Å². The normalized spacial score (nSPS) is 21.0. The summed E-state index contributed by atoms with van der Waals surface area (Å²) >= 11 is 0. The Morgan fingerprint density at radius 1 is 1.15 bits per heavy atom. The van der Waals surface area contributed by atoms with E-state index in [2.05, 4.69) is 30.8 Å². The van der Waals surface area contributed by atoms with Crippen molar-refractivity contribution >= 4 is 22.5 Å². The maximum atomic E-state index is 15.3.